The lowest BCUT2D eigenvalue weighted by Crippen LogP contribution is -2.28. The van der Waals surface area contributed by atoms with E-state index in [2.05, 4.69) is 4.18 Å². The number of alkyl halides is 3. The fraction of sp³-hybridized carbons (Fsp3) is 0.133. The standard InChI is InChI=1S/C15H9F3O4S2/c16-15(17,18)24(20,21)22-12-5-3-7-14-10(12)8-11(19)9-4-1-2-6-13(9)23-14/h1-7H,8H2. The SMILES string of the molecule is O=C1Cc2c(OS(=O)(=O)C(F)(F)F)cccc2Sc2ccccc21. The number of ketones is 1. The maximum Gasteiger partial charge on any atom is 0.534 e. The number of rotatable bonds is 2. The van der Waals surface area contributed by atoms with Crippen LogP contribution in [0.4, 0.5) is 13.2 Å². The number of carbonyl (C=O) groups is 1. The van der Waals surface area contributed by atoms with Crippen LogP contribution >= 0.6 is 11.8 Å². The van der Waals surface area contributed by atoms with Crippen LogP contribution < -0.4 is 4.18 Å². The van der Waals surface area contributed by atoms with E-state index in [1.807, 2.05) is 0 Å². The Morgan fingerprint density at radius 2 is 1.67 bits per heavy atom. The molecule has 0 saturated heterocycles. The third-order valence-electron chi connectivity index (χ3n) is 3.32. The molecule has 0 bridgehead atoms. The minimum Gasteiger partial charge on any atom is -0.376 e. The zero-order valence-corrected chi connectivity index (χ0v) is 13.5. The first-order valence-electron chi connectivity index (χ1n) is 6.62. The molecule has 0 radical (unpaired) electrons. The highest BCUT2D eigenvalue weighted by atomic mass is 32.2. The molecule has 0 aliphatic carbocycles. The molecule has 1 aliphatic heterocycles. The minimum atomic E-state index is -5.80. The van der Waals surface area contributed by atoms with E-state index in [9.17, 15) is 26.4 Å². The van der Waals surface area contributed by atoms with Crippen molar-refractivity contribution in [3.8, 4) is 5.75 Å². The Kier molecular flexibility index (Phi) is 4.08. The number of halogens is 3. The van der Waals surface area contributed by atoms with E-state index in [-0.39, 0.29) is 17.8 Å². The van der Waals surface area contributed by atoms with Crippen molar-refractivity contribution in [1.82, 2.24) is 0 Å². The van der Waals surface area contributed by atoms with Crippen LogP contribution in [0.5, 0.6) is 5.75 Å². The summed E-state index contributed by atoms with van der Waals surface area (Å²) < 4.78 is 64.4. The Morgan fingerprint density at radius 3 is 2.38 bits per heavy atom. The Morgan fingerprint density at radius 1 is 1.00 bits per heavy atom. The third kappa shape index (κ3) is 3.01. The fourth-order valence-electron chi connectivity index (χ4n) is 2.22. The van der Waals surface area contributed by atoms with Crippen LogP contribution in [0, 0.1) is 0 Å². The quantitative estimate of drug-likeness (QED) is 0.591. The van der Waals surface area contributed by atoms with E-state index in [1.165, 1.54) is 17.8 Å². The number of hydrogen-bond acceptors (Lipinski definition) is 5. The van der Waals surface area contributed by atoms with Gasteiger partial charge in [0.15, 0.2) is 5.78 Å². The van der Waals surface area contributed by atoms with Gasteiger partial charge in [-0.3, -0.25) is 4.79 Å². The van der Waals surface area contributed by atoms with Crippen LogP contribution in [-0.4, -0.2) is 19.7 Å². The number of carbonyl (C=O) groups excluding carboxylic acids is 1. The number of hydrogen-bond donors (Lipinski definition) is 0. The van der Waals surface area contributed by atoms with Crippen molar-refractivity contribution in [2.24, 2.45) is 0 Å². The molecule has 0 aromatic heterocycles. The Hall–Kier alpha value is -2.00. The molecular formula is C15H9F3O4S2. The molecule has 1 aliphatic rings. The molecule has 0 saturated carbocycles. The zero-order valence-electron chi connectivity index (χ0n) is 11.8. The predicted octanol–water partition coefficient (Wildman–Crippen LogP) is 3.81. The lowest BCUT2D eigenvalue weighted by molar-refractivity contribution is -0.0500. The Bertz CT molecular complexity index is 921. The highest BCUT2D eigenvalue weighted by molar-refractivity contribution is 7.99. The molecule has 0 atom stereocenters. The summed E-state index contributed by atoms with van der Waals surface area (Å²) in [5.41, 5.74) is -4.99. The summed E-state index contributed by atoms with van der Waals surface area (Å²) in [5.74, 6) is -0.809. The number of Topliss-reactive ketones (excluding diaryl/α,β-unsaturated/α-hetero) is 1. The fourth-order valence-corrected chi connectivity index (χ4v) is 3.82. The van der Waals surface area contributed by atoms with Gasteiger partial charge in [0, 0.05) is 27.3 Å². The first kappa shape index (κ1) is 16.8. The summed E-state index contributed by atoms with van der Waals surface area (Å²) in [6.07, 6.45) is -0.247. The second kappa shape index (κ2) is 5.82. The highest BCUT2D eigenvalue weighted by Gasteiger charge is 2.49. The predicted molar refractivity (Wildman–Crippen MR) is 80.6 cm³/mol. The third-order valence-corrected chi connectivity index (χ3v) is 5.46. The first-order chi connectivity index (χ1) is 11.2. The molecule has 2 aromatic rings. The van der Waals surface area contributed by atoms with Crippen LogP contribution in [0.3, 0.4) is 0 Å². The zero-order chi connectivity index (χ0) is 17.5. The molecule has 0 spiro atoms. The monoisotopic (exact) mass is 374 g/mol. The van der Waals surface area contributed by atoms with Gasteiger partial charge in [0.1, 0.15) is 5.75 Å². The van der Waals surface area contributed by atoms with Gasteiger partial charge in [-0.05, 0) is 18.2 Å². The lowest BCUT2D eigenvalue weighted by atomic mass is 10.0. The molecule has 24 heavy (non-hydrogen) atoms. The van der Waals surface area contributed by atoms with Crippen LogP contribution in [0.15, 0.2) is 52.3 Å². The van der Waals surface area contributed by atoms with Gasteiger partial charge in [0.2, 0.25) is 0 Å². The highest BCUT2D eigenvalue weighted by Crippen LogP contribution is 2.41. The summed E-state index contributed by atoms with van der Waals surface area (Å²) >= 11 is 1.18. The molecule has 1 heterocycles. The van der Waals surface area contributed by atoms with Gasteiger partial charge in [-0.15, -0.1) is 0 Å². The molecular weight excluding hydrogens is 365 g/mol. The second-order valence-electron chi connectivity index (χ2n) is 4.91. The Labute approximate surface area is 139 Å². The van der Waals surface area contributed by atoms with Gasteiger partial charge < -0.3 is 4.18 Å². The second-order valence-corrected chi connectivity index (χ2v) is 7.54. The minimum absolute atomic E-state index is 0.122. The largest absolute Gasteiger partial charge is 0.534 e. The van der Waals surface area contributed by atoms with Crippen LogP contribution in [-0.2, 0) is 16.5 Å². The topological polar surface area (TPSA) is 60.4 Å². The van der Waals surface area contributed by atoms with Gasteiger partial charge >= 0.3 is 15.6 Å². The van der Waals surface area contributed by atoms with Gasteiger partial charge in [-0.25, -0.2) is 0 Å². The molecule has 0 unspecified atom stereocenters. The molecule has 0 fully saturated rings. The van der Waals surface area contributed by atoms with E-state index >= 15 is 0 Å². The summed E-state index contributed by atoms with van der Waals surface area (Å²) in [6, 6.07) is 10.8. The van der Waals surface area contributed by atoms with Gasteiger partial charge in [0.25, 0.3) is 0 Å². The molecule has 9 heteroatoms. The smallest absolute Gasteiger partial charge is 0.376 e. The van der Waals surface area contributed by atoms with E-state index in [0.29, 0.717) is 15.4 Å². The average molecular weight is 374 g/mol. The van der Waals surface area contributed by atoms with Gasteiger partial charge in [-0.1, -0.05) is 36.0 Å². The number of fused-ring (bicyclic) bond motifs is 2. The van der Waals surface area contributed by atoms with Crippen molar-refractivity contribution in [3.63, 3.8) is 0 Å². The van der Waals surface area contributed by atoms with Crippen molar-refractivity contribution in [2.45, 2.75) is 21.7 Å². The Balaban J connectivity index is 2.07. The summed E-state index contributed by atoms with van der Waals surface area (Å²) in [5, 5.41) is 0. The molecule has 126 valence electrons. The first-order valence-corrected chi connectivity index (χ1v) is 8.84. The van der Waals surface area contributed by atoms with Crippen molar-refractivity contribution in [1.29, 1.82) is 0 Å². The van der Waals surface area contributed by atoms with E-state index in [1.54, 1.807) is 30.3 Å². The van der Waals surface area contributed by atoms with Crippen LogP contribution in [0.1, 0.15) is 15.9 Å². The van der Waals surface area contributed by atoms with Crippen LogP contribution in [0.2, 0.25) is 0 Å². The van der Waals surface area contributed by atoms with Crippen molar-refractivity contribution >= 4 is 27.7 Å². The van der Waals surface area contributed by atoms with Crippen molar-refractivity contribution in [3.05, 3.63) is 53.6 Å². The molecule has 0 N–H and O–H groups in total. The number of benzene rings is 2. The summed E-state index contributed by atoms with van der Waals surface area (Å²) in [4.78, 5) is 13.5. The van der Waals surface area contributed by atoms with E-state index < -0.39 is 21.4 Å². The van der Waals surface area contributed by atoms with Crippen LogP contribution in [0.25, 0.3) is 0 Å². The average Bonchev–Trinajstić information content (AvgIpc) is 2.63. The maximum atomic E-state index is 12.5. The lowest BCUT2D eigenvalue weighted by Gasteiger charge is -2.14. The van der Waals surface area contributed by atoms with Gasteiger partial charge in [0.05, 0.1) is 0 Å². The molecule has 0 amide bonds. The summed E-state index contributed by atoms with van der Waals surface area (Å²) in [7, 11) is -5.80. The molecule has 3 rings (SSSR count). The van der Waals surface area contributed by atoms with Crippen molar-refractivity contribution in [2.75, 3.05) is 0 Å². The van der Waals surface area contributed by atoms with E-state index in [0.717, 1.165) is 6.07 Å². The summed E-state index contributed by atoms with van der Waals surface area (Å²) in [6.45, 7) is 0. The maximum absolute atomic E-state index is 12.5. The van der Waals surface area contributed by atoms with Gasteiger partial charge in [-0.2, -0.15) is 21.6 Å². The molecule has 2 aromatic carbocycles. The van der Waals surface area contributed by atoms with E-state index in [4.69, 9.17) is 0 Å². The normalized spacial score (nSPS) is 14.5. The molecule has 4 nitrogen and oxygen atoms in total. The van der Waals surface area contributed by atoms with Crippen molar-refractivity contribution < 1.29 is 30.6 Å².